The molecule has 1 fully saturated rings. The van der Waals surface area contributed by atoms with Crippen LogP contribution < -0.4 is 10.6 Å². The fourth-order valence-corrected chi connectivity index (χ4v) is 3.00. The van der Waals surface area contributed by atoms with Crippen LogP contribution in [0, 0.1) is 11.7 Å². The molecule has 1 saturated heterocycles. The summed E-state index contributed by atoms with van der Waals surface area (Å²) in [6.07, 6.45) is 4.78. The lowest BCUT2D eigenvalue weighted by molar-refractivity contribution is 0.181. The molecule has 0 radical (unpaired) electrons. The topological polar surface area (TPSA) is 44.4 Å². The van der Waals surface area contributed by atoms with E-state index in [9.17, 15) is 9.18 Å². The van der Waals surface area contributed by atoms with Crippen LogP contribution in [0.4, 0.5) is 9.18 Å². The standard InChI is InChI=1S/C18H28FN3O/c1-15-5-4-12-22(14-15)11-3-2-10-20-18(23)21-13-16-6-8-17(19)9-7-16/h6-9,15H,2-5,10-14H2,1H3,(H2,20,21,23)/t15-/m1/s1. The summed E-state index contributed by atoms with van der Waals surface area (Å²) < 4.78 is 12.8. The van der Waals surface area contributed by atoms with E-state index in [4.69, 9.17) is 0 Å². The second-order valence-electron chi connectivity index (χ2n) is 6.49. The molecule has 1 aromatic carbocycles. The highest BCUT2D eigenvalue weighted by atomic mass is 19.1. The van der Waals surface area contributed by atoms with E-state index in [1.807, 2.05) is 0 Å². The minimum atomic E-state index is -0.263. The number of carbonyl (C=O) groups excluding carboxylic acids is 1. The molecule has 1 aliphatic rings. The Bertz CT molecular complexity index is 478. The maximum atomic E-state index is 12.8. The Morgan fingerprint density at radius 2 is 2.04 bits per heavy atom. The van der Waals surface area contributed by atoms with Gasteiger partial charge in [-0.3, -0.25) is 0 Å². The molecule has 0 saturated carbocycles. The van der Waals surface area contributed by atoms with Crippen LogP contribution in [0.2, 0.25) is 0 Å². The predicted octanol–water partition coefficient (Wildman–Crippen LogP) is 3.14. The normalized spacial score (nSPS) is 18.6. The van der Waals surface area contributed by atoms with Crippen molar-refractivity contribution in [2.45, 2.75) is 39.2 Å². The van der Waals surface area contributed by atoms with Gasteiger partial charge < -0.3 is 15.5 Å². The van der Waals surface area contributed by atoms with Gasteiger partial charge in [-0.05, 0) is 62.4 Å². The van der Waals surface area contributed by atoms with E-state index in [0.717, 1.165) is 30.9 Å². The third-order valence-electron chi connectivity index (χ3n) is 4.29. The summed E-state index contributed by atoms with van der Waals surface area (Å²) in [5.74, 6) is 0.556. The van der Waals surface area contributed by atoms with Gasteiger partial charge in [-0.2, -0.15) is 0 Å². The number of likely N-dealkylation sites (tertiary alicyclic amines) is 1. The number of unbranched alkanes of at least 4 members (excludes halogenated alkanes) is 1. The van der Waals surface area contributed by atoms with E-state index in [2.05, 4.69) is 22.5 Å². The highest BCUT2D eigenvalue weighted by Crippen LogP contribution is 2.15. The Morgan fingerprint density at radius 3 is 2.78 bits per heavy atom. The number of piperidine rings is 1. The number of hydrogen-bond donors (Lipinski definition) is 2. The highest BCUT2D eigenvalue weighted by Gasteiger charge is 2.15. The lowest BCUT2D eigenvalue weighted by Crippen LogP contribution is -2.37. The third kappa shape index (κ3) is 6.99. The summed E-state index contributed by atoms with van der Waals surface area (Å²) in [6.45, 7) is 6.99. The van der Waals surface area contributed by atoms with Gasteiger partial charge in [0.15, 0.2) is 0 Å². The second kappa shape index (κ2) is 9.50. The molecule has 2 rings (SSSR count). The van der Waals surface area contributed by atoms with Crippen molar-refractivity contribution in [2.24, 2.45) is 5.92 Å². The highest BCUT2D eigenvalue weighted by molar-refractivity contribution is 5.73. The fourth-order valence-electron chi connectivity index (χ4n) is 3.00. The van der Waals surface area contributed by atoms with E-state index >= 15 is 0 Å². The quantitative estimate of drug-likeness (QED) is 0.758. The molecule has 1 aliphatic heterocycles. The summed E-state index contributed by atoms with van der Waals surface area (Å²) in [5, 5.41) is 5.65. The van der Waals surface area contributed by atoms with Crippen molar-refractivity contribution in [3.63, 3.8) is 0 Å². The van der Waals surface area contributed by atoms with E-state index < -0.39 is 0 Å². The molecule has 128 valence electrons. The molecular weight excluding hydrogens is 293 g/mol. The Hall–Kier alpha value is -1.62. The second-order valence-corrected chi connectivity index (χ2v) is 6.49. The van der Waals surface area contributed by atoms with Crippen molar-refractivity contribution in [3.05, 3.63) is 35.6 Å². The molecule has 23 heavy (non-hydrogen) atoms. The van der Waals surface area contributed by atoms with Gasteiger partial charge in [0, 0.05) is 19.6 Å². The first-order valence-electron chi connectivity index (χ1n) is 8.62. The van der Waals surface area contributed by atoms with Gasteiger partial charge in [-0.15, -0.1) is 0 Å². The number of amides is 2. The van der Waals surface area contributed by atoms with Gasteiger partial charge in [0.25, 0.3) is 0 Å². The molecule has 0 aliphatic carbocycles. The van der Waals surface area contributed by atoms with Crippen LogP contribution in [-0.2, 0) is 6.54 Å². The van der Waals surface area contributed by atoms with Crippen LogP contribution in [0.3, 0.4) is 0 Å². The Kier molecular flexibility index (Phi) is 7.33. The maximum Gasteiger partial charge on any atom is 0.315 e. The van der Waals surface area contributed by atoms with Gasteiger partial charge in [0.1, 0.15) is 5.82 Å². The number of hydrogen-bond acceptors (Lipinski definition) is 2. The number of rotatable bonds is 7. The van der Waals surface area contributed by atoms with Crippen LogP contribution in [0.15, 0.2) is 24.3 Å². The first-order valence-corrected chi connectivity index (χ1v) is 8.62. The number of halogens is 1. The summed E-state index contributed by atoms with van der Waals surface area (Å²) >= 11 is 0. The van der Waals surface area contributed by atoms with Crippen LogP contribution >= 0.6 is 0 Å². The molecule has 0 bridgehead atoms. The van der Waals surface area contributed by atoms with Crippen molar-refractivity contribution in [1.82, 2.24) is 15.5 Å². The minimum Gasteiger partial charge on any atom is -0.338 e. The van der Waals surface area contributed by atoms with Gasteiger partial charge in [0.05, 0.1) is 0 Å². The van der Waals surface area contributed by atoms with Crippen LogP contribution in [0.25, 0.3) is 0 Å². The Morgan fingerprint density at radius 1 is 1.26 bits per heavy atom. The zero-order valence-corrected chi connectivity index (χ0v) is 14.0. The predicted molar refractivity (Wildman–Crippen MR) is 90.7 cm³/mol. The summed E-state index contributed by atoms with van der Waals surface area (Å²) in [4.78, 5) is 14.2. The van der Waals surface area contributed by atoms with Crippen molar-refractivity contribution < 1.29 is 9.18 Å². The lowest BCUT2D eigenvalue weighted by atomic mass is 10.0. The van der Waals surface area contributed by atoms with Gasteiger partial charge in [-0.25, -0.2) is 9.18 Å². The lowest BCUT2D eigenvalue weighted by Gasteiger charge is -2.30. The Balaban J connectivity index is 1.50. The van der Waals surface area contributed by atoms with Crippen molar-refractivity contribution in [3.8, 4) is 0 Å². The van der Waals surface area contributed by atoms with Crippen molar-refractivity contribution in [2.75, 3.05) is 26.2 Å². The number of benzene rings is 1. The zero-order valence-electron chi connectivity index (χ0n) is 14.0. The number of carbonyl (C=O) groups is 1. The first kappa shape index (κ1) is 17.7. The largest absolute Gasteiger partial charge is 0.338 e. The summed E-state index contributed by atoms with van der Waals surface area (Å²) in [7, 11) is 0. The number of nitrogens with zero attached hydrogens (tertiary/aromatic N) is 1. The van der Waals surface area contributed by atoms with Crippen molar-refractivity contribution in [1.29, 1.82) is 0 Å². The van der Waals surface area contributed by atoms with Crippen LogP contribution in [0.1, 0.15) is 38.2 Å². The molecule has 2 amide bonds. The van der Waals surface area contributed by atoms with Crippen LogP contribution in [-0.4, -0.2) is 37.1 Å². The molecule has 4 nitrogen and oxygen atoms in total. The van der Waals surface area contributed by atoms with Gasteiger partial charge in [-0.1, -0.05) is 19.1 Å². The fraction of sp³-hybridized carbons (Fsp3) is 0.611. The van der Waals surface area contributed by atoms with E-state index in [1.165, 1.54) is 38.1 Å². The monoisotopic (exact) mass is 321 g/mol. The van der Waals surface area contributed by atoms with E-state index in [1.54, 1.807) is 12.1 Å². The average molecular weight is 321 g/mol. The molecular formula is C18H28FN3O. The van der Waals surface area contributed by atoms with E-state index in [0.29, 0.717) is 13.1 Å². The first-order chi connectivity index (χ1) is 11.1. The average Bonchev–Trinajstić information content (AvgIpc) is 2.54. The Labute approximate surface area is 138 Å². The van der Waals surface area contributed by atoms with Crippen LogP contribution in [0.5, 0.6) is 0 Å². The molecule has 5 heteroatoms. The minimum absolute atomic E-state index is 0.166. The molecule has 2 N–H and O–H groups in total. The number of urea groups is 1. The molecule has 0 spiro atoms. The number of nitrogens with one attached hydrogen (secondary N) is 2. The van der Waals surface area contributed by atoms with E-state index in [-0.39, 0.29) is 11.8 Å². The maximum absolute atomic E-state index is 12.8. The SMILES string of the molecule is C[C@@H]1CCCN(CCCCNC(=O)NCc2ccc(F)cc2)C1. The molecule has 0 unspecified atom stereocenters. The smallest absolute Gasteiger partial charge is 0.315 e. The summed E-state index contributed by atoms with van der Waals surface area (Å²) in [5.41, 5.74) is 0.890. The van der Waals surface area contributed by atoms with Gasteiger partial charge >= 0.3 is 6.03 Å². The summed E-state index contributed by atoms with van der Waals surface area (Å²) in [6, 6.07) is 5.98. The molecule has 1 aromatic rings. The molecule has 1 heterocycles. The molecule has 0 aromatic heterocycles. The van der Waals surface area contributed by atoms with Gasteiger partial charge in [0.2, 0.25) is 0 Å². The zero-order chi connectivity index (χ0) is 16.5. The van der Waals surface area contributed by atoms with Crippen molar-refractivity contribution >= 4 is 6.03 Å². The third-order valence-corrected chi connectivity index (χ3v) is 4.29. The molecule has 1 atom stereocenters.